The summed E-state index contributed by atoms with van der Waals surface area (Å²) in [6.07, 6.45) is 5.07. The van der Waals surface area contributed by atoms with Gasteiger partial charge in [0.1, 0.15) is 5.76 Å². The second-order valence-electron chi connectivity index (χ2n) is 5.46. The summed E-state index contributed by atoms with van der Waals surface area (Å²) < 4.78 is 5.52. The van der Waals surface area contributed by atoms with Crippen LogP contribution in [0.2, 0.25) is 0 Å². The van der Waals surface area contributed by atoms with Crippen molar-refractivity contribution in [1.82, 2.24) is 5.32 Å². The first kappa shape index (κ1) is 13.9. The summed E-state index contributed by atoms with van der Waals surface area (Å²) in [5.74, 6) is 1.06. The molecule has 4 nitrogen and oxygen atoms in total. The molecule has 3 rings (SSSR count). The number of benzene rings is 1. The van der Waals surface area contributed by atoms with Crippen LogP contribution in [0.3, 0.4) is 0 Å². The molecular formula is C17H20N2O2. The minimum absolute atomic E-state index is 0.0442. The average molecular weight is 284 g/mol. The molecule has 1 heterocycles. The maximum Gasteiger partial charge on any atom is 0.221 e. The van der Waals surface area contributed by atoms with Crippen LogP contribution in [0, 0.1) is 0 Å². The normalized spacial score (nSPS) is 17.3. The predicted octanol–water partition coefficient (Wildman–Crippen LogP) is 3.41. The highest BCUT2D eigenvalue weighted by Crippen LogP contribution is 2.31. The van der Waals surface area contributed by atoms with E-state index in [9.17, 15) is 4.79 Å². The highest BCUT2D eigenvalue weighted by molar-refractivity contribution is 5.89. The molecule has 0 spiro atoms. The Bertz CT molecular complexity index is 633. The van der Waals surface area contributed by atoms with Crippen molar-refractivity contribution in [2.24, 2.45) is 0 Å². The number of amides is 1. The molecule has 1 aromatic carbocycles. The van der Waals surface area contributed by atoms with E-state index in [4.69, 9.17) is 4.42 Å². The molecule has 21 heavy (non-hydrogen) atoms. The van der Waals surface area contributed by atoms with Gasteiger partial charge in [-0.2, -0.15) is 0 Å². The summed E-state index contributed by atoms with van der Waals surface area (Å²) in [4.78, 5) is 11.3. The lowest BCUT2D eigenvalue weighted by atomic mass is 9.93. The summed E-state index contributed by atoms with van der Waals surface area (Å²) in [6.45, 7) is 2.26. The summed E-state index contributed by atoms with van der Waals surface area (Å²) in [6, 6.07) is 10.3. The van der Waals surface area contributed by atoms with Gasteiger partial charge in [0.2, 0.25) is 5.91 Å². The average Bonchev–Trinajstić information content (AvgIpc) is 2.95. The van der Waals surface area contributed by atoms with Crippen LogP contribution in [0.1, 0.15) is 42.7 Å². The molecule has 1 aliphatic carbocycles. The van der Waals surface area contributed by atoms with Gasteiger partial charge in [0.15, 0.2) is 0 Å². The minimum Gasteiger partial charge on any atom is -0.469 e. The van der Waals surface area contributed by atoms with Crippen molar-refractivity contribution in [3.63, 3.8) is 0 Å². The van der Waals surface area contributed by atoms with Gasteiger partial charge in [-0.05, 0) is 30.5 Å². The standard InChI is InChI=1S/C17H20N2O2/c1-12(20)19-15-6-3-2-5-13(15)11-18-16-7-4-8-17-14(16)9-10-21-17/h2-3,5-6,9-10,16,18H,4,7-8,11H2,1H3,(H,19,20). The second-order valence-corrected chi connectivity index (χ2v) is 5.46. The second kappa shape index (κ2) is 6.14. The van der Waals surface area contributed by atoms with Crippen molar-refractivity contribution in [3.8, 4) is 0 Å². The molecule has 1 amide bonds. The molecule has 110 valence electrons. The van der Waals surface area contributed by atoms with Gasteiger partial charge in [-0.1, -0.05) is 18.2 Å². The Hall–Kier alpha value is -2.07. The van der Waals surface area contributed by atoms with Crippen molar-refractivity contribution < 1.29 is 9.21 Å². The largest absolute Gasteiger partial charge is 0.469 e. The Morgan fingerprint density at radius 1 is 1.33 bits per heavy atom. The number of rotatable bonds is 4. The number of hydrogen-bond donors (Lipinski definition) is 2. The van der Waals surface area contributed by atoms with E-state index in [-0.39, 0.29) is 5.91 Å². The molecule has 0 saturated carbocycles. The van der Waals surface area contributed by atoms with Gasteiger partial charge in [-0.15, -0.1) is 0 Å². The predicted molar refractivity (Wildman–Crippen MR) is 82.0 cm³/mol. The lowest BCUT2D eigenvalue weighted by molar-refractivity contribution is -0.114. The zero-order valence-corrected chi connectivity index (χ0v) is 12.2. The quantitative estimate of drug-likeness (QED) is 0.904. The zero-order valence-electron chi connectivity index (χ0n) is 12.2. The van der Waals surface area contributed by atoms with Crippen molar-refractivity contribution in [3.05, 3.63) is 53.5 Å². The molecular weight excluding hydrogens is 264 g/mol. The molecule has 4 heteroatoms. The molecule has 0 fully saturated rings. The number of furan rings is 1. The Morgan fingerprint density at radius 2 is 2.19 bits per heavy atom. The number of nitrogens with one attached hydrogen (secondary N) is 2. The van der Waals surface area contributed by atoms with Crippen molar-refractivity contribution in [1.29, 1.82) is 0 Å². The van der Waals surface area contributed by atoms with E-state index in [1.54, 1.807) is 6.26 Å². The van der Waals surface area contributed by atoms with Gasteiger partial charge in [0, 0.05) is 37.2 Å². The summed E-state index contributed by atoms with van der Waals surface area (Å²) in [5, 5.41) is 6.46. The van der Waals surface area contributed by atoms with Crippen molar-refractivity contribution in [2.45, 2.75) is 38.8 Å². The first-order valence-corrected chi connectivity index (χ1v) is 7.39. The van der Waals surface area contributed by atoms with E-state index in [0.29, 0.717) is 6.04 Å². The Labute approximate surface area is 124 Å². The van der Waals surface area contributed by atoms with E-state index < -0.39 is 0 Å². The Kier molecular flexibility index (Phi) is 4.06. The number of carbonyl (C=O) groups excluding carboxylic acids is 1. The smallest absolute Gasteiger partial charge is 0.221 e. The van der Waals surface area contributed by atoms with Gasteiger partial charge in [-0.3, -0.25) is 4.79 Å². The Balaban J connectivity index is 1.70. The fraction of sp³-hybridized carbons (Fsp3) is 0.353. The van der Waals surface area contributed by atoms with Crippen LogP contribution in [0.25, 0.3) is 0 Å². The lowest BCUT2D eigenvalue weighted by Crippen LogP contribution is -2.24. The van der Waals surface area contributed by atoms with Crippen LogP contribution in [0.5, 0.6) is 0 Å². The lowest BCUT2D eigenvalue weighted by Gasteiger charge is -2.23. The molecule has 2 N–H and O–H groups in total. The van der Waals surface area contributed by atoms with Gasteiger partial charge >= 0.3 is 0 Å². The van der Waals surface area contributed by atoms with Crippen LogP contribution >= 0.6 is 0 Å². The van der Waals surface area contributed by atoms with Gasteiger partial charge in [0.05, 0.1) is 6.26 Å². The number of aryl methyl sites for hydroxylation is 1. The molecule has 1 aliphatic rings. The molecule has 2 aromatic rings. The first-order valence-electron chi connectivity index (χ1n) is 7.39. The Morgan fingerprint density at radius 3 is 3.05 bits per heavy atom. The van der Waals surface area contributed by atoms with E-state index in [2.05, 4.69) is 16.7 Å². The third-order valence-electron chi connectivity index (χ3n) is 3.92. The topological polar surface area (TPSA) is 54.3 Å². The van der Waals surface area contributed by atoms with Gasteiger partial charge in [-0.25, -0.2) is 0 Å². The molecule has 0 radical (unpaired) electrons. The first-order chi connectivity index (χ1) is 10.2. The van der Waals surface area contributed by atoms with Crippen molar-refractivity contribution >= 4 is 11.6 Å². The zero-order chi connectivity index (χ0) is 14.7. The summed E-state index contributed by atoms with van der Waals surface area (Å²) in [5.41, 5.74) is 3.25. The van der Waals surface area contributed by atoms with Crippen LogP contribution < -0.4 is 10.6 Å². The maximum absolute atomic E-state index is 11.3. The van der Waals surface area contributed by atoms with Gasteiger partial charge in [0.25, 0.3) is 0 Å². The van der Waals surface area contributed by atoms with Crippen LogP contribution in [0.15, 0.2) is 41.0 Å². The van der Waals surface area contributed by atoms with E-state index in [1.165, 1.54) is 12.5 Å². The minimum atomic E-state index is -0.0442. The third kappa shape index (κ3) is 3.16. The third-order valence-corrected chi connectivity index (χ3v) is 3.92. The number of carbonyl (C=O) groups is 1. The van der Waals surface area contributed by atoms with Crippen LogP contribution in [-0.4, -0.2) is 5.91 Å². The number of hydrogen-bond acceptors (Lipinski definition) is 3. The summed E-state index contributed by atoms with van der Waals surface area (Å²) in [7, 11) is 0. The maximum atomic E-state index is 11.3. The molecule has 0 bridgehead atoms. The monoisotopic (exact) mass is 284 g/mol. The van der Waals surface area contributed by atoms with Crippen molar-refractivity contribution in [2.75, 3.05) is 5.32 Å². The molecule has 1 unspecified atom stereocenters. The molecule has 0 aliphatic heterocycles. The van der Waals surface area contributed by atoms with Crippen LogP contribution in [-0.2, 0) is 17.8 Å². The van der Waals surface area contributed by atoms with E-state index >= 15 is 0 Å². The molecule has 0 saturated heterocycles. The fourth-order valence-corrected chi connectivity index (χ4v) is 2.92. The SMILES string of the molecule is CC(=O)Nc1ccccc1CNC1CCCc2occc21. The fourth-order valence-electron chi connectivity index (χ4n) is 2.92. The van der Waals surface area contributed by atoms with E-state index in [0.717, 1.165) is 42.8 Å². The number of fused-ring (bicyclic) bond motifs is 1. The van der Waals surface area contributed by atoms with Crippen LogP contribution in [0.4, 0.5) is 5.69 Å². The molecule has 1 atom stereocenters. The number of para-hydroxylation sites is 1. The number of anilines is 1. The van der Waals surface area contributed by atoms with Gasteiger partial charge < -0.3 is 15.1 Å². The highest BCUT2D eigenvalue weighted by Gasteiger charge is 2.22. The highest BCUT2D eigenvalue weighted by atomic mass is 16.3. The molecule has 1 aromatic heterocycles. The van der Waals surface area contributed by atoms with E-state index in [1.807, 2.05) is 24.3 Å². The summed E-state index contributed by atoms with van der Waals surface area (Å²) >= 11 is 0.